The molecule has 138 valence electrons. The number of hydrogen-bond donors (Lipinski definition) is 1. The van der Waals surface area contributed by atoms with Gasteiger partial charge >= 0.3 is 6.09 Å². The number of anilines is 1. The lowest BCUT2D eigenvalue weighted by Gasteiger charge is -2.33. The molecule has 1 fully saturated rings. The van der Waals surface area contributed by atoms with Crippen molar-refractivity contribution in [2.24, 2.45) is 0 Å². The minimum Gasteiger partial charge on any atom is -0.450 e. The molecular weight excluding hydrogens is 326 g/mol. The zero-order valence-electron chi connectivity index (χ0n) is 14.7. The van der Waals surface area contributed by atoms with Crippen LogP contribution in [0, 0.1) is 0 Å². The number of nitrogens with one attached hydrogen (secondary N) is 1. The summed E-state index contributed by atoms with van der Waals surface area (Å²) in [5.74, 6) is 0.446. The van der Waals surface area contributed by atoms with Gasteiger partial charge in [-0.05, 0) is 13.3 Å². The average molecular weight is 351 g/mol. The Labute approximate surface area is 147 Å². The smallest absolute Gasteiger partial charge is 0.409 e. The summed E-state index contributed by atoms with van der Waals surface area (Å²) in [5.41, 5.74) is 0.298. The lowest BCUT2D eigenvalue weighted by molar-refractivity contribution is 0.0565. The first-order chi connectivity index (χ1) is 12.2. The number of aromatic nitrogens is 2. The first-order valence-corrected chi connectivity index (χ1v) is 8.41. The molecule has 0 aromatic carbocycles. The Bertz CT molecular complexity index is 558. The van der Waals surface area contributed by atoms with Crippen molar-refractivity contribution in [1.82, 2.24) is 19.8 Å². The first-order valence-electron chi connectivity index (χ1n) is 8.41. The lowest BCUT2D eigenvalue weighted by Crippen LogP contribution is -2.50. The quantitative estimate of drug-likeness (QED) is 0.727. The highest BCUT2D eigenvalue weighted by molar-refractivity contribution is 5.92. The number of piperazine rings is 1. The Balaban J connectivity index is 1.82. The predicted molar refractivity (Wildman–Crippen MR) is 91.5 cm³/mol. The highest BCUT2D eigenvalue weighted by Gasteiger charge is 2.26. The second-order valence-electron chi connectivity index (χ2n) is 5.54. The maximum atomic E-state index is 12.5. The number of hydrogen-bond acceptors (Lipinski definition) is 7. The molecule has 1 aromatic rings. The van der Waals surface area contributed by atoms with E-state index in [-0.39, 0.29) is 12.0 Å². The standard InChI is InChI=1S/C16H25N5O4/c1-3-25-16(23)21-8-6-20(7-9-21)15(22)13-11-19-14(12-18-13)17-5-4-10-24-2/h11-12H,3-10H2,1-2H3,(H,17,19). The molecule has 9 heteroatoms. The number of methoxy groups -OCH3 is 1. The van der Waals surface area contributed by atoms with Gasteiger partial charge in [0.15, 0.2) is 0 Å². The van der Waals surface area contributed by atoms with Gasteiger partial charge in [0.1, 0.15) is 11.5 Å². The molecule has 0 aliphatic carbocycles. The van der Waals surface area contributed by atoms with E-state index in [1.807, 2.05) is 0 Å². The molecule has 1 saturated heterocycles. The van der Waals surface area contributed by atoms with Crippen molar-refractivity contribution in [3.05, 3.63) is 18.1 Å². The van der Waals surface area contributed by atoms with Crippen molar-refractivity contribution < 1.29 is 19.1 Å². The summed E-state index contributed by atoms with van der Waals surface area (Å²) in [7, 11) is 1.66. The highest BCUT2D eigenvalue weighted by atomic mass is 16.6. The molecule has 2 amide bonds. The van der Waals surface area contributed by atoms with E-state index >= 15 is 0 Å². The zero-order chi connectivity index (χ0) is 18.1. The number of rotatable bonds is 7. The van der Waals surface area contributed by atoms with Crippen LogP contribution in [0.2, 0.25) is 0 Å². The summed E-state index contributed by atoms with van der Waals surface area (Å²) in [5, 5.41) is 3.12. The van der Waals surface area contributed by atoms with Crippen LogP contribution in [0.25, 0.3) is 0 Å². The van der Waals surface area contributed by atoms with Crippen LogP contribution in [-0.4, -0.2) is 84.8 Å². The third kappa shape index (κ3) is 5.56. The molecule has 1 aliphatic heterocycles. The van der Waals surface area contributed by atoms with E-state index in [0.29, 0.717) is 50.9 Å². The predicted octanol–water partition coefficient (Wildman–Crippen LogP) is 0.839. The van der Waals surface area contributed by atoms with Crippen molar-refractivity contribution in [2.75, 3.05) is 58.4 Å². The molecule has 1 aliphatic rings. The zero-order valence-corrected chi connectivity index (χ0v) is 14.7. The molecule has 25 heavy (non-hydrogen) atoms. The van der Waals surface area contributed by atoms with Gasteiger partial charge in [0.25, 0.3) is 5.91 Å². The van der Waals surface area contributed by atoms with E-state index in [4.69, 9.17) is 9.47 Å². The van der Waals surface area contributed by atoms with Gasteiger partial charge in [-0.1, -0.05) is 0 Å². The molecule has 0 saturated carbocycles. The van der Waals surface area contributed by atoms with Gasteiger partial charge in [0.2, 0.25) is 0 Å². The lowest BCUT2D eigenvalue weighted by atomic mass is 10.3. The number of nitrogens with zero attached hydrogens (tertiary/aromatic N) is 4. The molecule has 1 N–H and O–H groups in total. The molecular formula is C16H25N5O4. The van der Waals surface area contributed by atoms with E-state index in [1.54, 1.807) is 30.0 Å². The van der Waals surface area contributed by atoms with Crippen LogP contribution in [0.1, 0.15) is 23.8 Å². The van der Waals surface area contributed by atoms with Crippen LogP contribution in [0.5, 0.6) is 0 Å². The third-order valence-corrected chi connectivity index (χ3v) is 3.80. The Morgan fingerprint density at radius 1 is 1.16 bits per heavy atom. The second kappa shape index (κ2) is 9.77. The third-order valence-electron chi connectivity index (χ3n) is 3.80. The van der Waals surface area contributed by atoms with Gasteiger partial charge in [-0.25, -0.2) is 14.8 Å². The largest absolute Gasteiger partial charge is 0.450 e. The number of carbonyl (C=O) groups excluding carboxylic acids is 2. The van der Waals surface area contributed by atoms with Crippen LogP contribution >= 0.6 is 0 Å². The molecule has 9 nitrogen and oxygen atoms in total. The second-order valence-corrected chi connectivity index (χ2v) is 5.54. The summed E-state index contributed by atoms with van der Waals surface area (Å²) in [6, 6.07) is 0. The van der Waals surface area contributed by atoms with Gasteiger partial charge in [0, 0.05) is 46.4 Å². The molecule has 1 aromatic heterocycles. The van der Waals surface area contributed by atoms with E-state index < -0.39 is 0 Å². The fourth-order valence-corrected chi connectivity index (χ4v) is 2.43. The van der Waals surface area contributed by atoms with Gasteiger partial charge in [-0.3, -0.25) is 4.79 Å². The van der Waals surface area contributed by atoms with Crippen LogP contribution in [-0.2, 0) is 9.47 Å². The summed E-state index contributed by atoms with van der Waals surface area (Å²) in [4.78, 5) is 35.8. The SMILES string of the molecule is CCOC(=O)N1CCN(C(=O)c2cnc(NCCCOC)cn2)CC1. The van der Waals surface area contributed by atoms with Crippen molar-refractivity contribution in [3.8, 4) is 0 Å². The number of carbonyl (C=O) groups is 2. The van der Waals surface area contributed by atoms with Crippen molar-refractivity contribution in [3.63, 3.8) is 0 Å². The molecule has 2 heterocycles. The topological polar surface area (TPSA) is 96.9 Å². The van der Waals surface area contributed by atoms with Crippen LogP contribution in [0.4, 0.5) is 10.6 Å². The Morgan fingerprint density at radius 3 is 2.48 bits per heavy atom. The van der Waals surface area contributed by atoms with E-state index in [9.17, 15) is 9.59 Å². The van der Waals surface area contributed by atoms with E-state index in [1.165, 1.54) is 6.20 Å². The van der Waals surface area contributed by atoms with Crippen molar-refractivity contribution in [1.29, 1.82) is 0 Å². The van der Waals surface area contributed by atoms with Crippen molar-refractivity contribution >= 4 is 17.8 Å². The summed E-state index contributed by atoms with van der Waals surface area (Å²) in [6.45, 7) is 5.34. The fourth-order valence-electron chi connectivity index (χ4n) is 2.43. The maximum Gasteiger partial charge on any atom is 0.409 e. The minimum absolute atomic E-state index is 0.179. The Kier molecular flexibility index (Phi) is 7.39. The van der Waals surface area contributed by atoms with Crippen LogP contribution in [0.3, 0.4) is 0 Å². The highest BCUT2D eigenvalue weighted by Crippen LogP contribution is 2.09. The van der Waals surface area contributed by atoms with Gasteiger partial charge in [0.05, 0.1) is 19.0 Å². The van der Waals surface area contributed by atoms with Gasteiger partial charge in [-0.2, -0.15) is 0 Å². The molecule has 2 rings (SSSR count). The summed E-state index contributed by atoms with van der Waals surface area (Å²) in [6.07, 6.45) is 3.55. The maximum absolute atomic E-state index is 12.5. The minimum atomic E-state index is -0.335. The Hall–Kier alpha value is -2.42. The monoisotopic (exact) mass is 351 g/mol. The number of ether oxygens (including phenoxy) is 2. The average Bonchev–Trinajstić information content (AvgIpc) is 2.65. The molecule has 0 atom stereocenters. The Morgan fingerprint density at radius 2 is 1.88 bits per heavy atom. The normalized spacial score (nSPS) is 14.3. The molecule has 0 bridgehead atoms. The van der Waals surface area contributed by atoms with Crippen LogP contribution < -0.4 is 5.32 Å². The molecule has 0 spiro atoms. The van der Waals surface area contributed by atoms with E-state index in [2.05, 4.69) is 15.3 Å². The van der Waals surface area contributed by atoms with Gasteiger partial charge in [-0.15, -0.1) is 0 Å². The first kappa shape index (κ1) is 18.9. The molecule has 0 radical (unpaired) electrons. The summed E-state index contributed by atoms with van der Waals surface area (Å²) >= 11 is 0. The summed E-state index contributed by atoms with van der Waals surface area (Å²) < 4.78 is 9.94. The van der Waals surface area contributed by atoms with Crippen molar-refractivity contribution in [2.45, 2.75) is 13.3 Å². The van der Waals surface area contributed by atoms with Gasteiger partial charge < -0.3 is 24.6 Å². The fraction of sp³-hybridized carbons (Fsp3) is 0.625. The molecule has 0 unspecified atom stereocenters. The van der Waals surface area contributed by atoms with E-state index in [0.717, 1.165) is 13.0 Å². The number of amides is 2. The van der Waals surface area contributed by atoms with Crippen LogP contribution in [0.15, 0.2) is 12.4 Å².